The SMILES string of the molecule is Fc1c(Cl)cc2c(c1C1CCNC1)OCO2. The predicted octanol–water partition coefficient (Wildman–Crippen LogP) is 2.28. The minimum atomic E-state index is -0.375. The lowest BCUT2D eigenvalue weighted by molar-refractivity contribution is 0.173. The molecule has 0 saturated carbocycles. The first-order valence-electron chi connectivity index (χ1n) is 5.25. The van der Waals surface area contributed by atoms with E-state index in [2.05, 4.69) is 5.32 Å². The minimum absolute atomic E-state index is 0.103. The van der Waals surface area contributed by atoms with Crippen molar-refractivity contribution in [2.75, 3.05) is 19.9 Å². The number of hydrogen-bond acceptors (Lipinski definition) is 3. The number of nitrogens with one attached hydrogen (secondary N) is 1. The van der Waals surface area contributed by atoms with Crippen molar-refractivity contribution in [2.24, 2.45) is 0 Å². The number of ether oxygens (including phenoxy) is 2. The number of hydrogen-bond donors (Lipinski definition) is 1. The first-order valence-corrected chi connectivity index (χ1v) is 5.63. The third-order valence-corrected chi connectivity index (χ3v) is 3.33. The van der Waals surface area contributed by atoms with Crippen LogP contribution in [0.3, 0.4) is 0 Å². The molecule has 0 aliphatic carbocycles. The van der Waals surface area contributed by atoms with E-state index in [-0.39, 0.29) is 23.6 Å². The van der Waals surface area contributed by atoms with Crippen LogP contribution in [0.2, 0.25) is 5.02 Å². The van der Waals surface area contributed by atoms with E-state index in [4.69, 9.17) is 21.1 Å². The molecule has 2 aliphatic heterocycles. The summed E-state index contributed by atoms with van der Waals surface area (Å²) >= 11 is 5.84. The second kappa shape index (κ2) is 3.79. The van der Waals surface area contributed by atoms with Gasteiger partial charge in [0.15, 0.2) is 11.5 Å². The molecular formula is C11H11ClFNO2. The summed E-state index contributed by atoms with van der Waals surface area (Å²) in [4.78, 5) is 0. The lowest BCUT2D eigenvalue weighted by Gasteiger charge is -2.13. The summed E-state index contributed by atoms with van der Waals surface area (Å²) in [5, 5.41) is 3.31. The van der Waals surface area contributed by atoms with Crippen molar-refractivity contribution >= 4 is 11.6 Å². The highest BCUT2D eigenvalue weighted by molar-refractivity contribution is 6.31. The molecule has 5 heteroatoms. The van der Waals surface area contributed by atoms with Gasteiger partial charge in [0.25, 0.3) is 0 Å². The van der Waals surface area contributed by atoms with Gasteiger partial charge in [0.1, 0.15) is 5.82 Å². The molecule has 1 unspecified atom stereocenters. The lowest BCUT2D eigenvalue weighted by Crippen LogP contribution is -2.10. The smallest absolute Gasteiger partial charge is 0.231 e. The van der Waals surface area contributed by atoms with E-state index >= 15 is 0 Å². The molecule has 2 aliphatic rings. The van der Waals surface area contributed by atoms with E-state index in [1.165, 1.54) is 6.07 Å². The zero-order valence-corrected chi connectivity index (χ0v) is 9.31. The molecule has 0 bridgehead atoms. The number of fused-ring (bicyclic) bond motifs is 1. The summed E-state index contributed by atoms with van der Waals surface area (Å²) < 4.78 is 24.6. The maximum Gasteiger partial charge on any atom is 0.231 e. The first kappa shape index (κ1) is 10.2. The quantitative estimate of drug-likeness (QED) is 0.821. The van der Waals surface area contributed by atoms with Gasteiger partial charge < -0.3 is 14.8 Å². The molecule has 0 aromatic heterocycles. The summed E-state index contributed by atoms with van der Waals surface area (Å²) in [7, 11) is 0. The molecule has 3 nitrogen and oxygen atoms in total. The summed E-state index contributed by atoms with van der Waals surface area (Å²) in [6.07, 6.45) is 0.896. The minimum Gasteiger partial charge on any atom is -0.454 e. The van der Waals surface area contributed by atoms with E-state index in [0.717, 1.165) is 19.5 Å². The Kier molecular flexibility index (Phi) is 2.41. The molecule has 2 heterocycles. The highest BCUT2D eigenvalue weighted by Gasteiger charge is 2.30. The van der Waals surface area contributed by atoms with Gasteiger partial charge in [0.05, 0.1) is 5.02 Å². The third kappa shape index (κ3) is 1.44. The van der Waals surface area contributed by atoms with Crippen molar-refractivity contribution in [3.63, 3.8) is 0 Å². The van der Waals surface area contributed by atoms with Gasteiger partial charge in [-0.15, -0.1) is 0 Å². The molecule has 0 radical (unpaired) electrons. The Bertz CT molecular complexity index is 432. The summed E-state index contributed by atoms with van der Waals surface area (Å²) in [6, 6.07) is 1.48. The van der Waals surface area contributed by atoms with Crippen molar-refractivity contribution in [1.82, 2.24) is 5.32 Å². The van der Waals surface area contributed by atoms with Crippen LogP contribution < -0.4 is 14.8 Å². The molecule has 1 atom stereocenters. The van der Waals surface area contributed by atoms with Crippen LogP contribution in [0.25, 0.3) is 0 Å². The second-order valence-electron chi connectivity index (χ2n) is 4.01. The second-order valence-corrected chi connectivity index (χ2v) is 4.42. The van der Waals surface area contributed by atoms with Gasteiger partial charge in [-0.3, -0.25) is 0 Å². The van der Waals surface area contributed by atoms with E-state index in [0.29, 0.717) is 17.1 Å². The molecule has 0 spiro atoms. The Morgan fingerprint density at radius 2 is 2.31 bits per heavy atom. The Hall–Kier alpha value is -1.00. The number of benzene rings is 1. The van der Waals surface area contributed by atoms with E-state index in [9.17, 15) is 4.39 Å². The lowest BCUT2D eigenvalue weighted by atomic mass is 9.96. The molecular weight excluding hydrogens is 233 g/mol. The van der Waals surface area contributed by atoms with Gasteiger partial charge in [-0.2, -0.15) is 0 Å². The van der Waals surface area contributed by atoms with Gasteiger partial charge >= 0.3 is 0 Å². The first-order chi connectivity index (χ1) is 7.77. The Labute approximate surface area is 97.5 Å². The van der Waals surface area contributed by atoms with Crippen LogP contribution in [0, 0.1) is 5.82 Å². The molecule has 1 saturated heterocycles. The van der Waals surface area contributed by atoms with Crippen LogP contribution in [-0.4, -0.2) is 19.9 Å². The Morgan fingerprint density at radius 3 is 3.06 bits per heavy atom. The fourth-order valence-corrected chi connectivity index (χ4v) is 2.48. The largest absolute Gasteiger partial charge is 0.454 e. The average molecular weight is 244 g/mol. The Morgan fingerprint density at radius 1 is 1.44 bits per heavy atom. The highest BCUT2D eigenvalue weighted by Crippen LogP contribution is 2.45. The summed E-state index contributed by atoms with van der Waals surface area (Å²) in [5.41, 5.74) is 0.560. The van der Waals surface area contributed by atoms with Crippen LogP contribution in [0.5, 0.6) is 11.5 Å². The van der Waals surface area contributed by atoms with Gasteiger partial charge in [0, 0.05) is 24.1 Å². The summed E-state index contributed by atoms with van der Waals surface area (Å²) in [6.45, 7) is 1.79. The highest BCUT2D eigenvalue weighted by atomic mass is 35.5. The van der Waals surface area contributed by atoms with Crippen LogP contribution in [0.1, 0.15) is 17.9 Å². The summed E-state index contributed by atoms with van der Waals surface area (Å²) in [5.74, 6) is 0.817. The maximum atomic E-state index is 14.0. The molecule has 3 rings (SSSR count). The van der Waals surface area contributed by atoms with Crippen LogP contribution in [0.15, 0.2) is 6.07 Å². The van der Waals surface area contributed by atoms with Crippen LogP contribution in [-0.2, 0) is 0 Å². The van der Waals surface area contributed by atoms with Crippen molar-refractivity contribution in [3.05, 3.63) is 22.5 Å². The van der Waals surface area contributed by atoms with Crippen molar-refractivity contribution in [2.45, 2.75) is 12.3 Å². The molecule has 1 fully saturated rings. The molecule has 1 aromatic carbocycles. The van der Waals surface area contributed by atoms with Gasteiger partial charge in [-0.25, -0.2) is 4.39 Å². The van der Waals surface area contributed by atoms with Gasteiger partial charge in [-0.1, -0.05) is 11.6 Å². The van der Waals surface area contributed by atoms with Gasteiger partial charge in [-0.05, 0) is 13.0 Å². The zero-order chi connectivity index (χ0) is 11.1. The van der Waals surface area contributed by atoms with Crippen LogP contribution >= 0.6 is 11.6 Å². The monoisotopic (exact) mass is 243 g/mol. The number of halogens is 2. The maximum absolute atomic E-state index is 14.0. The van der Waals surface area contributed by atoms with Crippen molar-refractivity contribution < 1.29 is 13.9 Å². The fraction of sp³-hybridized carbons (Fsp3) is 0.455. The predicted molar refractivity (Wildman–Crippen MR) is 57.8 cm³/mol. The van der Waals surface area contributed by atoms with E-state index in [1.54, 1.807) is 0 Å². The third-order valence-electron chi connectivity index (χ3n) is 3.06. The van der Waals surface area contributed by atoms with E-state index < -0.39 is 0 Å². The van der Waals surface area contributed by atoms with Crippen molar-refractivity contribution in [1.29, 1.82) is 0 Å². The number of rotatable bonds is 1. The molecule has 1 N–H and O–H groups in total. The molecule has 86 valence electrons. The average Bonchev–Trinajstić information content (AvgIpc) is 2.89. The Balaban J connectivity index is 2.14. The molecule has 1 aromatic rings. The topological polar surface area (TPSA) is 30.5 Å². The normalized spacial score (nSPS) is 22.8. The standard InChI is InChI=1S/C11H11ClFNO2/c12-7-3-8-11(16-5-15-8)9(10(7)13)6-1-2-14-4-6/h3,6,14H,1-2,4-5H2. The van der Waals surface area contributed by atoms with Crippen LogP contribution in [0.4, 0.5) is 4.39 Å². The van der Waals surface area contributed by atoms with Crippen molar-refractivity contribution in [3.8, 4) is 11.5 Å². The van der Waals surface area contributed by atoms with Gasteiger partial charge in [0.2, 0.25) is 6.79 Å². The molecule has 16 heavy (non-hydrogen) atoms. The van der Waals surface area contributed by atoms with E-state index in [1.807, 2.05) is 0 Å². The zero-order valence-electron chi connectivity index (χ0n) is 8.56. The molecule has 0 amide bonds. The fourth-order valence-electron chi connectivity index (χ4n) is 2.28.